The van der Waals surface area contributed by atoms with Crippen molar-refractivity contribution in [3.8, 4) is 0 Å². The number of unbranched alkanes of at least 4 members (excludes halogenated alkanes) is 1. The minimum atomic E-state index is -4.30. The first-order valence-corrected chi connectivity index (χ1v) is 6.42. The molecule has 86 valence electrons. The molecule has 0 spiro atoms. The highest BCUT2D eigenvalue weighted by Crippen LogP contribution is 2.36. The SMILES string of the molecule is CCC(CCCCN)COP(=O)(O)O. The third kappa shape index (κ3) is 8.66. The molecule has 0 aliphatic carbocycles. The molecule has 0 aromatic heterocycles. The molecule has 1 atom stereocenters. The summed E-state index contributed by atoms with van der Waals surface area (Å²) in [5.41, 5.74) is 5.34. The van der Waals surface area contributed by atoms with Crippen LogP contribution in [-0.2, 0) is 9.09 Å². The summed E-state index contributed by atoms with van der Waals surface area (Å²) < 4.78 is 14.9. The van der Waals surface area contributed by atoms with Gasteiger partial charge in [0.1, 0.15) is 0 Å². The zero-order valence-electron chi connectivity index (χ0n) is 8.56. The van der Waals surface area contributed by atoms with Crippen LogP contribution in [-0.4, -0.2) is 22.9 Å². The van der Waals surface area contributed by atoms with E-state index in [1.165, 1.54) is 0 Å². The largest absolute Gasteiger partial charge is 0.469 e. The number of hydrogen-bond acceptors (Lipinski definition) is 3. The predicted molar refractivity (Wildman–Crippen MR) is 54.7 cm³/mol. The average molecular weight is 225 g/mol. The fourth-order valence-electron chi connectivity index (χ4n) is 1.19. The highest BCUT2D eigenvalue weighted by atomic mass is 31.2. The molecule has 0 aliphatic heterocycles. The van der Waals surface area contributed by atoms with Gasteiger partial charge in [0.2, 0.25) is 0 Å². The molecule has 0 aliphatic rings. The van der Waals surface area contributed by atoms with Crippen LogP contribution >= 0.6 is 7.82 Å². The van der Waals surface area contributed by atoms with Gasteiger partial charge in [0.05, 0.1) is 6.61 Å². The maximum atomic E-state index is 10.4. The van der Waals surface area contributed by atoms with E-state index in [1.807, 2.05) is 6.92 Å². The Morgan fingerprint density at radius 2 is 2.07 bits per heavy atom. The molecule has 0 radical (unpaired) electrons. The summed E-state index contributed by atoms with van der Waals surface area (Å²) in [5, 5.41) is 0. The monoisotopic (exact) mass is 225 g/mol. The summed E-state index contributed by atoms with van der Waals surface area (Å²) in [6.07, 6.45) is 3.71. The van der Waals surface area contributed by atoms with Crippen molar-refractivity contribution in [3.63, 3.8) is 0 Å². The standard InChI is InChI=1S/C8H20NO4P/c1-2-8(5-3-4-6-9)7-13-14(10,11)12/h8H,2-7,9H2,1H3,(H2,10,11,12). The molecule has 0 aromatic rings. The van der Waals surface area contributed by atoms with Gasteiger partial charge in [0.15, 0.2) is 0 Å². The summed E-state index contributed by atoms with van der Waals surface area (Å²) in [6, 6.07) is 0. The second kappa shape index (κ2) is 7.37. The Balaban J connectivity index is 3.63. The molecule has 0 bridgehead atoms. The summed E-state index contributed by atoms with van der Waals surface area (Å²) in [6.45, 7) is 2.78. The first-order valence-electron chi connectivity index (χ1n) is 4.89. The average Bonchev–Trinajstić information content (AvgIpc) is 2.09. The highest BCUT2D eigenvalue weighted by Gasteiger charge is 2.16. The van der Waals surface area contributed by atoms with E-state index in [9.17, 15) is 4.57 Å². The molecule has 0 heterocycles. The van der Waals surface area contributed by atoms with Crippen molar-refractivity contribution in [2.75, 3.05) is 13.2 Å². The van der Waals surface area contributed by atoms with E-state index in [4.69, 9.17) is 15.5 Å². The Kier molecular flexibility index (Phi) is 7.41. The second-order valence-corrected chi connectivity index (χ2v) is 4.58. The van der Waals surface area contributed by atoms with Crippen LogP contribution in [0.15, 0.2) is 0 Å². The van der Waals surface area contributed by atoms with Crippen molar-refractivity contribution in [1.82, 2.24) is 0 Å². The van der Waals surface area contributed by atoms with Gasteiger partial charge in [0, 0.05) is 0 Å². The molecule has 0 amide bonds. The van der Waals surface area contributed by atoms with Gasteiger partial charge in [-0.15, -0.1) is 0 Å². The van der Waals surface area contributed by atoms with Crippen molar-refractivity contribution >= 4 is 7.82 Å². The van der Waals surface area contributed by atoms with Crippen LogP contribution in [0.5, 0.6) is 0 Å². The molecular formula is C8H20NO4P. The Morgan fingerprint density at radius 3 is 2.50 bits per heavy atom. The van der Waals surface area contributed by atoms with E-state index >= 15 is 0 Å². The van der Waals surface area contributed by atoms with Gasteiger partial charge in [-0.2, -0.15) is 0 Å². The maximum Gasteiger partial charge on any atom is 0.469 e. The quantitative estimate of drug-likeness (QED) is 0.427. The van der Waals surface area contributed by atoms with Gasteiger partial charge >= 0.3 is 7.82 Å². The number of hydrogen-bond donors (Lipinski definition) is 3. The molecule has 4 N–H and O–H groups in total. The van der Waals surface area contributed by atoms with Gasteiger partial charge < -0.3 is 15.5 Å². The normalized spacial score (nSPS) is 14.3. The molecule has 0 rings (SSSR count). The fourth-order valence-corrected chi connectivity index (χ4v) is 1.59. The van der Waals surface area contributed by atoms with Gasteiger partial charge in [0.25, 0.3) is 0 Å². The molecule has 14 heavy (non-hydrogen) atoms. The van der Waals surface area contributed by atoms with E-state index < -0.39 is 7.82 Å². The molecule has 0 fully saturated rings. The third-order valence-corrected chi connectivity index (χ3v) is 2.61. The third-order valence-electron chi connectivity index (χ3n) is 2.12. The van der Waals surface area contributed by atoms with Gasteiger partial charge in [-0.3, -0.25) is 4.52 Å². The van der Waals surface area contributed by atoms with Gasteiger partial charge in [-0.05, 0) is 25.3 Å². The van der Waals surface area contributed by atoms with Gasteiger partial charge in [-0.1, -0.05) is 19.8 Å². The zero-order chi connectivity index (χ0) is 11.0. The van der Waals surface area contributed by atoms with Crippen LogP contribution in [0, 0.1) is 5.92 Å². The van der Waals surface area contributed by atoms with E-state index in [-0.39, 0.29) is 12.5 Å². The molecule has 0 aromatic carbocycles. The van der Waals surface area contributed by atoms with Crippen molar-refractivity contribution in [2.24, 2.45) is 11.7 Å². The Bertz CT molecular complexity index is 182. The van der Waals surface area contributed by atoms with Crippen molar-refractivity contribution < 1.29 is 18.9 Å². The number of phosphoric acid groups is 1. The summed E-state index contributed by atoms with van der Waals surface area (Å²) >= 11 is 0. The van der Waals surface area contributed by atoms with Crippen molar-refractivity contribution in [1.29, 1.82) is 0 Å². The molecule has 6 heteroatoms. The van der Waals surface area contributed by atoms with Gasteiger partial charge in [-0.25, -0.2) is 4.57 Å². The molecular weight excluding hydrogens is 205 g/mol. The van der Waals surface area contributed by atoms with E-state index in [0.717, 1.165) is 25.7 Å². The van der Waals surface area contributed by atoms with Crippen molar-refractivity contribution in [3.05, 3.63) is 0 Å². The lowest BCUT2D eigenvalue weighted by molar-refractivity contribution is 0.161. The highest BCUT2D eigenvalue weighted by molar-refractivity contribution is 7.46. The molecule has 0 saturated heterocycles. The van der Waals surface area contributed by atoms with Crippen molar-refractivity contribution in [2.45, 2.75) is 32.6 Å². The lowest BCUT2D eigenvalue weighted by Gasteiger charge is -2.14. The van der Waals surface area contributed by atoms with Crippen LogP contribution < -0.4 is 5.73 Å². The zero-order valence-corrected chi connectivity index (χ0v) is 9.45. The van der Waals surface area contributed by atoms with Crippen LogP contribution in [0.2, 0.25) is 0 Å². The molecule has 1 unspecified atom stereocenters. The second-order valence-electron chi connectivity index (χ2n) is 3.35. The molecule has 5 nitrogen and oxygen atoms in total. The predicted octanol–water partition coefficient (Wildman–Crippen LogP) is 1.25. The number of nitrogens with two attached hydrogens (primary N) is 1. The van der Waals surface area contributed by atoms with E-state index in [0.29, 0.717) is 6.54 Å². The first kappa shape index (κ1) is 14.1. The smallest absolute Gasteiger partial charge is 0.330 e. The van der Waals surface area contributed by atoms with E-state index in [1.54, 1.807) is 0 Å². The minimum absolute atomic E-state index is 0.130. The molecule has 0 saturated carbocycles. The summed E-state index contributed by atoms with van der Waals surface area (Å²) in [5.74, 6) is 0.217. The Labute approximate surface area is 84.9 Å². The summed E-state index contributed by atoms with van der Waals surface area (Å²) in [4.78, 5) is 17.0. The summed E-state index contributed by atoms with van der Waals surface area (Å²) in [7, 11) is -4.30. The Morgan fingerprint density at radius 1 is 1.43 bits per heavy atom. The minimum Gasteiger partial charge on any atom is -0.330 e. The van der Waals surface area contributed by atoms with Crippen LogP contribution in [0.1, 0.15) is 32.6 Å². The number of rotatable bonds is 8. The first-order chi connectivity index (χ1) is 6.49. The van der Waals surface area contributed by atoms with Crippen LogP contribution in [0.3, 0.4) is 0 Å². The van der Waals surface area contributed by atoms with E-state index in [2.05, 4.69) is 4.52 Å². The van der Waals surface area contributed by atoms with Crippen LogP contribution in [0.4, 0.5) is 0 Å². The number of phosphoric ester groups is 1. The van der Waals surface area contributed by atoms with Crippen LogP contribution in [0.25, 0.3) is 0 Å². The maximum absolute atomic E-state index is 10.4. The lowest BCUT2D eigenvalue weighted by Crippen LogP contribution is -2.09. The topological polar surface area (TPSA) is 92.8 Å². The fraction of sp³-hybridized carbons (Fsp3) is 1.00. The lowest BCUT2D eigenvalue weighted by atomic mass is 10.0. The Hall–Kier alpha value is 0.0700.